The highest BCUT2D eigenvalue weighted by molar-refractivity contribution is 5.94. The molecule has 0 unspecified atom stereocenters. The number of benzene rings is 6. The van der Waals surface area contributed by atoms with Gasteiger partial charge in [0.15, 0.2) is 17.2 Å². The third kappa shape index (κ3) is 6.44. The first-order valence-electron chi connectivity index (χ1n) is 19.3. The predicted molar refractivity (Wildman–Crippen MR) is 234 cm³/mol. The normalized spacial score (nSPS) is 11.4. The van der Waals surface area contributed by atoms with Crippen LogP contribution in [0.4, 0.5) is 0 Å². The third-order valence-electron chi connectivity index (χ3n) is 10.4. The zero-order valence-corrected chi connectivity index (χ0v) is 31.4. The van der Waals surface area contributed by atoms with Gasteiger partial charge in [-0.15, -0.1) is 0 Å². The van der Waals surface area contributed by atoms with E-state index in [0.717, 1.165) is 89.0 Å². The van der Waals surface area contributed by atoms with Gasteiger partial charge < -0.3 is 4.42 Å². The van der Waals surface area contributed by atoms with Crippen molar-refractivity contribution < 1.29 is 4.42 Å². The monoisotopic (exact) mass is 757 g/mol. The second-order valence-corrected chi connectivity index (χ2v) is 14.2. The highest BCUT2D eigenvalue weighted by Gasteiger charge is 2.19. The van der Waals surface area contributed by atoms with E-state index in [1.807, 2.05) is 109 Å². The molecule has 0 N–H and O–H groups in total. The minimum atomic E-state index is 0.487. The summed E-state index contributed by atoms with van der Waals surface area (Å²) in [6.45, 7) is 0. The van der Waals surface area contributed by atoms with E-state index in [4.69, 9.17) is 39.3 Å². The SMILES string of the molecule is c1ccc(-c2cc(-c3cc(-c4cc(-c5ccccc5)nc(-c5cccc6cccnc56)n4)cc(-c4nc5ccccc5o4)c3)nc(-c3cccc4cccnc34)n2)cc1. The summed E-state index contributed by atoms with van der Waals surface area (Å²) in [6.07, 6.45) is 3.61. The lowest BCUT2D eigenvalue weighted by atomic mass is 9.98. The Morgan fingerprint density at radius 2 is 0.797 bits per heavy atom. The standard InChI is InChI=1S/C51H31N7O/c1-3-13-32(14-4-1)42-30-44(56-49(54-42)39-21-9-17-34-19-11-25-52-47(34)39)36-27-37(29-38(28-36)51-58-41-23-7-8-24-46(41)59-51)45-31-43(33-15-5-2-6-16-33)55-50(57-45)40-22-10-18-35-20-12-26-53-48(35)40/h1-31H. The zero-order valence-electron chi connectivity index (χ0n) is 31.4. The van der Waals surface area contributed by atoms with Gasteiger partial charge >= 0.3 is 0 Å². The lowest BCUT2D eigenvalue weighted by Gasteiger charge is -2.14. The molecule has 0 aliphatic heterocycles. The molecule has 11 aromatic rings. The number of oxazole rings is 1. The molecular weight excluding hydrogens is 727 g/mol. The molecule has 0 radical (unpaired) electrons. The van der Waals surface area contributed by atoms with E-state index < -0.39 is 0 Å². The Hall–Kier alpha value is -8.23. The molecule has 0 bridgehead atoms. The summed E-state index contributed by atoms with van der Waals surface area (Å²) in [7, 11) is 0. The van der Waals surface area contributed by atoms with Crippen molar-refractivity contribution in [2.24, 2.45) is 0 Å². The smallest absolute Gasteiger partial charge is 0.227 e. The molecule has 0 amide bonds. The van der Waals surface area contributed by atoms with Crippen molar-refractivity contribution in [1.29, 1.82) is 0 Å². The van der Waals surface area contributed by atoms with Crippen molar-refractivity contribution >= 4 is 32.9 Å². The Morgan fingerprint density at radius 1 is 0.339 bits per heavy atom. The number of rotatable bonds is 7. The van der Waals surface area contributed by atoms with Crippen molar-refractivity contribution in [2.45, 2.75) is 0 Å². The molecule has 8 heteroatoms. The number of aromatic nitrogens is 7. The maximum Gasteiger partial charge on any atom is 0.227 e. The minimum absolute atomic E-state index is 0.487. The predicted octanol–water partition coefficient (Wildman–Crippen LogP) is 12.2. The van der Waals surface area contributed by atoms with Gasteiger partial charge in [0.1, 0.15) is 5.52 Å². The van der Waals surface area contributed by atoms with Gasteiger partial charge in [0.25, 0.3) is 0 Å². The molecule has 0 atom stereocenters. The van der Waals surface area contributed by atoms with Gasteiger partial charge in [-0.05, 0) is 66.7 Å². The quantitative estimate of drug-likeness (QED) is 0.158. The first-order chi connectivity index (χ1) is 29.2. The molecule has 6 aromatic carbocycles. The van der Waals surface area contributed by atoms with Gasteiger partial charge in [-0.2, -0.15) is 0 Å². The maximum atomic E-state index is 6.41. The summed E-state index contributed by atoms with van der Waals surface area (Å²) in [5.41, 5.74) is 12.2. The van der Waals surface area contributed by atoms with Crippen LogP contribution in [0.15, 0.2) is 193 Å². The number of hydrogen-bond donors (Lipinski definition) is 0. The fourth-order valence-electron chi connectivity index (χ4n) is 7.56. The largest absolute Gasteiger partial charge is 0.436 e. The molecule has 5 aromatic heterocycles. The molecule has 276 valence electrons. The van der Waals surface area contributed by atoms with Crippen LogP contribution >= 0.6 is 0 Å². The zero-order chi connectivity index (χ0) is 39.1. The Labute approximate surface area is 338 Å². The molecule has 0 aliphatic rings. The minimum Gasteiger partial charge on any atom is -0.436 e. The number of hydrogen-bond acceptors (Lipinski definition) is 8. The van der Waals surface area contributed by atoms with Gasteiger partial charge in [0.2, 0.25) is 5.89 Å². The molecular formula is C51H31N7O. The summed E-state index contributed by atoms with van der Waals surface area (Å²) in [5.74, 6) is 1.62. The number of nitrogens with zero attached hydrogens (tertiary/aromatic N) is 7. The second kappa shape index (κ2) is 14.4. The van der Waals surface area contributed by atoms with E-state index in [-0.39, 0.29) is 0 Å². The highest BCUT2D eigenvalue weighted by Crippen LogP contribution is 2.37. The Balaban J connectivity index is 1.17. The van der Waals surface area contributed by atoms with Gasteiger partial charge in [0.05, 0.1) is 33.8 Å². The molecule has 59 heavy (non-hydrogen) atoms. The number of para-hydroxylation sites is 4. The molecule has 0 spiro atoms. The van der Waals surface area contributed by atoms with E-state index in [1.165, 1.54) is 0 Å². The van der Waals surface area contributed by atoms with Gasteiger partial charge in [0, 0.05) is 62.1 Å². The third-order valence-corrected chi connectivity index (χ3v) is 10.4. The van der Waals surface area contributed by atoms with Crippen molar-refractivity contribution in [3.8, 4) is 79.3 Å². The fourth-order valence-corrected chi connectivity index (χ4v) is 7.56. The Bertz CT molecular complexity index is 3120. The van der Waals surface area contributed by atoms with Crippen LogP contribution in [-0.2, 0) is 0 Å². The summed E-state index contributed by atoms with van der Waals surface area (Å²) in [6, 6.07) is 58.7. The van der Waals surface area contributed by atoms with Gasteiger partial charge in [-0.1, -0.05) is 109 Å². The van der Waals surface area contributed by atoms with Crippen LogP contribution < -0.4 is 0 Å². The number of pyridine rings is 2. The molecule has 0 fully saturated rings. The van der Waals surface area contributed by atoms with Gasteiger partial charge in [-0.3, -0.25) is 9.97 Å². The first-order valence-corrected chi connectivity index (χ1v) is 19.3. The molecule has 0 aliphatic carbocycles. The second-order valence-electron chi connectivity index (χ2n) is 14.2. The van der Waals surface area contributed by atoms with Crippen LogP contribution in [0.5, 0.6) is 0 Å². The average molecular weight is 758 g/mol. The maximum absolute atomic E-state index is 6.41. The highest BCUT2D eigenvalue weighted by atomic mass is 16.3. The van der Waals surface area contributed by atoms with Crippen molar-refractivity contribution in [3.63, 3.8) is 0 Å². The van der Waals surface area contributed by atoms with E-state index >= 15 is 0 Å². The van der Waals surface area contributed by atoms with E-state index in [1.54, 1.807) is 12.4 Å². The topological polar surface area (TPSA) is 103 Å². The average Bonchev–Trinajstić information content (AvgIpc) is 3.76. The summed E-state index contributed by atoms with van der Waals surface area (Å²) < 4.78 is 6.41. The Morgan fingerprint density at radius 3 is 1.32 bits per heavy atom. The lowest BCUT2D eigenvalue weighted by Crippen LogP contribution is -1.99. The first kappa shape index (κ1) is 34.1. The van der Waals surface area contributed by atoms with Crippen molar-refractivity contribution in [3.05, 3.63) is 188 Å². The van der Waals surface area contributed by atoms with Gasteiger partial charge in [-0.25, -0.2) is 24.9 Å². The van der Waals surface area contributed by atoms with Crippen LogP contribution in [-0.4, -0.2) is 34.9 Å². The van der Waals surface area contributed by atoms with Crippen LogP contribution in [0.3, 0.4) is 0 Å². The van der Waals surface area contributed by atoms with E-state index in [2.05, 4.69) is 66.7 Å². The van der Waals surface area contributed by atoms with E-state index in [9.17, 15) is 0 Å². The summed E-state index contributed by atoms with van der Waals surface area (Å²) >= 11 is 0. The van der Waals surface area contributed by atoms with E-state index in [0.29, 0.717) is 23.1 Å². The molecule has 8 nitrogen and oxygen atoms in total. The molecule has 0 saturated carbocycles. The lowest BCUT2D eigenvalue weighted by molar-refractivity contribution is 0.620. The summed E-state index contributed by atoms with van der Waals surface area (Å²) in [4.78, 5) is 35.3. The summed E-state index contributed by atoms with van der Waals surface area (Å²) in [5, 5.41) is 2.02. The molecule has 5 heterocycles. The van der Waals surface area contributed by atoms with Crippen LogP contribution in [0.2, 0.25) is 0 Å². The number of fused-ring (bicyclic) bond motifs is 3. The Kier molecular flexibility index (Phi) is 8.29. The van der Waals surface area contributed by atoms with Crippen molar-refractivity contribution in [1.82, 2.24) is 34.9 Å². The molecule has 11 rings (SSSR count). The van der Waals surface area contributed by atoms with Crippen LogP contribution in [0.25, 0.3) is 112 Å². The van der Waals surface area contributed by atoms with Crippen LogP contribution in [0.1, 0.15) is 0 Å². The fraction of sp³-hybridized carbons (Fsp3) is 0. The van der Waals surface area contributed by atoms with Crippen molar-refractivity contribution in [2.75, 3.05) is 0 Å². The van der Waals surface area contributed by atoms with Crippen LogP contribution in [0, 0.1) is 0 Å². The molecule has 0 saturated heterocycles.